The number of nitrogens with zero attached hydrogens (tertiary/aromatic N) is 1. The van der Waals surface area contributed by atoms with Gasteiger partial charge in [0.2, 0.25) is 5.91 Å². The van der Waals surface area contributed by atoms with E-state index in [1.165, 1.54) is 0 Å². The third-order valence-corrected chi connectivity index (χ3v) is 3.67. The topological polar surface area (TPSA) is 40.5 Å². The first kappa shape index (κ1) is 12.7. The van der Waals surface area contributed by atoms with E-state index in [1.807, 2.05) is 11.4 Å². The number of hydrogen-bond acceptors (Lipinski definition) is 3. The minimum Gasteiger partial charge on any atom is -0.396 e. The molecular formula is C10H14BrNO2S. The molecule has 0 atom stereocenters. The van der Waals surface area contributed by atoms with Gasteiger partial charge in [-0.3, -0.25) is 4.79 Å². The fourth-order valence-corrected chi connectivity index (χ4v) is 2.68. The molecule has 0 aliphatic heterocycles. The van der Waals surface area contributed by atoms with Gasteiger partial charge < -0.3 is 10.0 Å². The number of thiophene rings is 1. The van der Waals surface area contributed by atoms with Crippen molar-refractivity contribution in [2.45, 2.75) is 19.4 Å². The van der Waals surface area contributed by atoms with E-state index < -0.39 is 0 Å². The first-order chi connectivity index (χ1) is 7.13. The van der Waals surface area contributed by atoms with Gasteiger partial charge in [0.05, 0.1) is 6.54 Å². The number of rotatable bonds is 5. The van der Waals surface area contributed by atoms with E-state index in [1.54, 1.807) is 23.3 Å². The summed E-state index contributed by atoms with van der Waals surface area (Å²) in [5.74, 6) is 0.0774. The third-order valence-electron chi connectivity index (χ3n) is 1.99. The summed E-state index contributed by atoms with van der Waals surface area (Å²) in [5.41, 5.74) is 0. The van der Waals surface area contributed by atoms with E-state index in [0.29, 0.717) is 19.4 Å². The minimum absolute atomic E-state index is 0.0735. The Morgan fingerprint density at radius 2 is 2.40 bits per heavy atom. The Morgan fingerprint density at radius 3 is 2.93 bits per heavy atom. The Kier molecular flexibility index (Phi) is 5.28. The van der Waals surface area contributed by atoms with Crippen molar-refractivity contribution in [1.29, 1.82) is 0 Å². The average Bonchev–Trinajstić information content (AvgIpc) is 2.60. The fourth-order valence-electron chi connectivity index (χ4n) is 1.18. The van der Waals surface area contributed by atoms with E-state index in [0.717, 1.165) is 9.35 Å². The monoisotopic (exact) mass is 291 g/mol. The maximum atomic E-state index is 11.5. The second-order valence-electron chi connectivity index (χ2n) is 3.31. The second-order valence-corrected chi connectivity index (χ2v) is 5.22. The molecule has 0 fully saturated rings. The number of aliphatic hydroxyl groups is 1. The van der Waals surface area contributed by atoms with Crippen molar-refractivity contribution in [3.63, 3.8) is 0 Å². The van der Waals surface area contributed by atoms with Crippen LogP contribution in [0.5, 0.6) is 0 Å². The van der Waals surface area contributed by atoms with Crippen LogP contribution in [0.1, 0.15) is 17.7 Å². The Bertz CT molecular complexity index is 327. The van der Waals surface area contributed by atoms with Crippen LogP contribution in [0.25, 0.3) is 0 Å². The summed E-state index contributed by atoms with van der Waals surface area (Å²) in [6, 6.07) is 2.01. The molecule has 5 heteroatoms. The molecule has 0 saturated carbocycles. The van der Waals surface area contributed by atoms with Crippen molar-refractivity contribution < 1.29 is 9.90 Å². The first-order valence-electron chi connectivity index (χ1n) is 4.71. The van der Waals surface area contributed by atoms with Crippen LogP contribution in [0, 0.1) is 0 Å². The lowest BCUT2D eigenvalue weighted by Crippen LogP contribution is -2.25. The molecule has 1 aromatic heterocycles. The van der Waals surface area contributed by atoms with Gasteiger partial charge >= 0.3 is 0 Å². The zero-order chi connectivity index (χ0) is 11.3. The average molecular weight is 292 g/mol. The fraction of sp³-hybridized carbons (Fsp3) is 0.500. The van der Waals surface area contributed by atoms with Gasteiger partial charge in [0.1, 0.15) is 0 Å². The van der Waals surface area contributed by atoms with Gasteiger partial charge in [-0.2, -0.15) is 0 Å². The van der Waals surface area contributed by atoms with E-state index >= 15 is 0 Å². The highest BCUT2D eigenvalue weighted by Crippen LogP contribution is 2.20. The van der Waals surface area contributed by atoms with Gasteiger partial charge in [0.15, 0.2) is 0 Å². The molecule has 0 radical (unpaired) electrons. The zero-order valence-corrected chi connectivity index (χ0v) is 11.0. The summed E-state index contributed by atoms with van der Waals surface area (Å²) >= 11 is 5.00. The molecule has 1 heterocycles. The van der Waals surface area contributed by atoms with Gasteiger partial charge in [-0.05, 0) is 28.4 Å². The molecule has 0 aliphatic rings. The van der Waals surface area contributed by atoms with Crippen molar-refractivity contribution in [2.75, 3.05) is 13.7 Å². The number of hydrogen-bond donors (Lipinski definition) is 1. The minimum atomic E-state index is 0.0735. The van der Waals surface area contributed by atoms with Crippen LogP contribution >= 0.6 is 27.3 Å². The number of carbonyl (C=O) groups is 1. The molecule has 15 heavy (non-hydrogen) atoms. The molecule has 1 aromatic rings. The number of carbonyl (C=O) groups excluding carboxylic acids is 1. The number of amides is 1. The summed E-state index contributed by atoms with van der Waals surface area (Å²) in [6.45, 7) is 0.713. The Morgan fingerprint density at radius 1 is 1.67 bits per heavy atom. The van der Waals surface area contributed by atoms with Crippen molar-refractivity contribution in [3.8, 4) is 0 Å². The zero-order valence-electron chi connectivity index (χ0n) is 8.57. The molecule has 84 valence electrons. The van der Waals surface area contributed by atoms with Crippen molar-refractivity contribution in [3.05, 3.63) is 20.8 Å². The van der Waals surface area contributed by atoms with Crippen LogP contribution in [0.4, 0.5) is 0 Å². The lowest BCUT2D eigenvalue weighted by Gasteiger charge is -2.15. The number of halogens is 1. The second kappa shape index (κ2) is 6.25. The molecule has 1 amide bonds. The quantitative estimate of drug-likeness (QED) is 0.904. The van der Waals surface area contributed by atoms with Gasteiger partial charge in [0.25, 0.3) is 0 Å². The summed E-state index contributed by atoms with van der Waals surface area (Å²) in [4.78, 5) is 14.4. The SMILES string of the molecule is CN(Cc1cc(Br)cs1)C(=O)CCCO. The summed E-state index contributed by atoms with van der Waals surface area (Å²) in [7, 11) is 1.79. The molecular weight excluding hydrogens is 278 g/mol. The normalized spacial score (nSPS) is 10.3. The van der Waals surface area contributed by atoms with Crippen molar-refractivity contribution >= 4 is 33.2 Å². The highest BCUT2D eigenvalue weighted by Gasteiger charge is 2.09. The van der Waals surface area contributed by atoms with Crippen molar-refractivity contribution in [1.82, 2.24) is 4.90 Å². The standard InChI is InChI=1S/C10H14BrNO2S/c1-12(10(14)3-2-4-13)6-9-5-8(11)7-15-9/h5,7,13H,2-4,6H2,1H3. The van der Waals surface area contributed by atoms with Crippen LogP contribution in [0.2, 0.25) is 0 Å². The predicted molar refractivity (Wildman–Crippen MR) is 64.8 cm³/mol. The molecule has 0 bridgehead atoms. The van der Waals surface area contributed by atoms with Gasteiger partial charge in [0, 0.05) is 34.8 Å². The molecule has 0 aliphatic carbocycles. The third kappa shape index (κ3) is 4.32. The largest absolute Gasteiger partial charge is 0.396 e. The van der Waals surface area contributed by atoms with Crippen LogP contribution in [-0.2, 0) is 11.3 Å². The molecule has 0 unspecified atom stereocenters. The molecule has 0 saturated heterocycles. The van der Waals surface area contributed by atoms with Crippen LogP contribution in [-0.4, -0.2) is 29.6 Å². The summed E-state index contributed by atoms with van der Waals surface area (Å²) in [5, 5.41) is 10.6. The smallest absolute Gasteiger partial charge is 0.222 e. The van der Waals surface area contributed by atoms with E-state index in [4.69, 9.17) is 5.11 Å². The van der Waals surface area contributed by atoms with Crippen molar-refractivity contribution in [2.24, 2.45) is 0 Å². The summed E-state index contributed by atoms with van der Waals surface area (Å²) < 4.78 is 1.05. The van der Waals surface area contributed by atoms with Gasteiger partial charge in [-0.15, -0.1) is 11.3 Å². The first-order valence-corrected chi connectivity index (χ1v) is 6.38. The molecule has 1 rings (SSSR count). The lowest BCUT2D eigenvalue weighted by molar-refractivity contribution is -0.130. The van der Waals surface area contributed by atoms with Gasteiger partial charge in [-0.1, -0.05) is 0 Å². The highest BCUT2D eigenvalue weighted by atomic mass is 79.9. The van der Waals surface area contributed by atoms with Crippen LogP contribution < -0.4 is 0 Å². The summed E-state index contributed by atoms with van der Waals surface area (Å²) in [6.07, 6.45) is 0.955. The lowest BCUT2D eigenvalue weighted by atomic mass is 10.3. The Hall–Kier alpha value is -0.390. The molecule has 3 nitrogen and oxygen atoms in total. The molecule has 1 N–H and O–H groups in total. The Balaban J connectivity index is 2.41. The van der Waals surface area contributed by atoms with E-state index in [9.17, 15) is 4.79 Å². The van der Waals surface area contributed by atoms with E-state index in [-0.39, 0.29) is 12.5 Å². The maximum absolute atomic E-state index is 11.5. The van der Waals surface area contributed by atoms with Crippen LogP contribution in [0.3, 0.4) is 0 Å². The highest BCUT2D eigenvalue weighted by molar-refractivity contribution is 9.10. The van der Waals surface area contributed by atoms with Crippen LogP contribution in [0.15, 0.2) is 15.9 Å². The molecule has 0 spiro atoms. The maximum Gasteiger partial charge on any atom is 0.222 e. The molecule has 0 aromatic carbocycles. The predicted octanol–water partition coefficient (Wildman–Crippen LogP) is 2.24. The number of aliphatic hydroxyl groups excluding tert-OH is 1. The van der Waals surface area contributed by atoms with E-state index in [2.05, 4.69) is 15.9 Å². The van der Waals surface area contributed by atoms with Gasteiger partial charge in [-0.25, -0.2) is 0 Å². The Labute approximate surface area is 102 Å².